The lowest BCUT2D eigenvalue weighted by atomic mass is 10.1. The summed E-state index contributed by atoms with van der Waals surface area (Å²) in [5, 5.41) is 15.4. The first kappa shape index (κ1) is 16.9. The fourth-order valence-corrected chi connectivity index (χ4v) is 4.74. The number of amides is 1. The third-order valence-electron chi connectivity index (χ3n) is 4.77. The second kappa shape index (κ2) is 7.37. The van der Waals surface area contributed by atoms with E-state index in [0.717, 1.165) is 42.7 Å². The van der Waals surface area contributed by atoms with E-state index >= 15 is 0 Å². The van der Waals surface area contributed by atoms with E-state index in [2.05, 4.69) is 39.9 Å². The first-order valence-electron chi connectivity index (χ1n) is 8.95. The van der Waals surface area contributed by atoms with Crippen LogP contribution in [0.15, 0.2) is 36.7 Å². The average Bonchev–Trinajstić information content (AvgIpc) is 3.36. The highest BCUT2D eigenvalue weighted by Gasteiger charge is 2.28. The topological polar surface area (TPSA) is 72.7 Å². The Hall–Kier alpha value is -2.54. The quantitative estimate of drug-likeness (QED) is 0.727. The maximum absolute atomic E-state index is 13.0. The molecule has 26 heavy (non-hydrogen) atoms. The minimum Gasteiger partial charge on any atom is -0.349 e. The van der Waals surface area contributed by atoms with Gasteiger partial charge in [-0.15, -0.1) is 16.4 Å². The lowest BCUT2D eigenvalue weighted by Crippen LogP contribution is -2.33. The summed E-state index contributed by atoms with van der Waals surface area (Å²) < 4.78 is 1.60. The number of carbonyl (C=O) groups is 1. The molecule has 2 heterocycles. The van der Waals surface area contributed by atoms with Crippen LogP contribution in [-0.2, 0) is 19.3 Å². The molecule has 6 nitrogen and oxygen atoms in total. The van der Waals surface area contributed by atoms with Crippen molar-refractivity contribution in [2.75, 3.05) is 0 Å². The Balaban J connectivity index is 1.49. The van der Waals surface area contributed by atoms with Crippen LogP contribution in [0.25, 0.3) is 5.00 Å². The summed E-state index contributed by atoms with van der Waals surface area (Å²) in [4.78, 5) is 14.3. The minimum atomic E-state index is -0.0181. The molecular weight excluding hydrogens is 346 g/mol. The van der Waals surface area contributed by atoms with Crippen molar-refractivity contribution in [2.24, 2.45) is 0 Å². The van der Waals surface area contributed by atoms with Crippen LogP contribution in [0.5, 0.6) is 0 Å². The van der Waals surface area contributed by atoms with Crippen LogP contribution in [-0.4, -0.2) is 32.2 Å². The van der Waals surface area contributed by atoms with Crippen LogP contribution in [0.3, 0.4) is 0 Å². The van der Waals surface area contributed by atoms with Gasteiger partial charge in [-0.25, -0.2) is 0 Å². The van der Waals surface area contributed by atoms with E-state index in [1.807, 2.05) is 18.2 Å². The SMILES string of the molecule is C[C@H](CCc1ccccc1)NC(=O)c1c(-n2cnnn2)sc2c1CCC2. The van der Waals surface area contributed by atoms with Gasteiger partial charge in [-0.2, -0.15) is 4.68 Å². The third kappa shape index (κ3) is 3.39. The average molecular weight is 367 g/mol. The summed E-state index contributed by atoms with van der Waals surface area (Å²) in [5.74, 6) is -0.0181. The molecule has 0 unspecified atom stereocenters. The summed E-state index contributed by atoms with van der Waals surface area (Å²) in [6, 6.07) is 10.5. The van der Waals surface area contributed by atoms with Crippen LogP contribution in [0, 0.1) is 0 Å². The second-order valence-corrected chi connectivity index (χ2v) is 7.77. The number of benzene rings is 1. The van der Waals surface area contributed by atoms with Crippen LogP contribution < -0.4 is 5.32 Å². The molecule has 0 saturated carbocycles. The number of carbonyl (C=O) groups excluding carboxylic acids is 1. The van der Waals surface area contributed by atoms with E-state index in [1.54, 1.807) is 22.3 Å². The maximum atomic E-state index is 13.0. The number of fused-ring (bicyclic) bond motifs is 1. The molecule has 1 N–H and O–H groups in total. The number of nitrogens with one attached hydrogen (secondary N) is 1. The van der Waals surface area contributed by atoms with Crippen molar-refractivity contribution >= 4 is 17.2 Å². The van der Waals surface area contributed by atoms with Crippen molar-refractivity contribution in [3.8, 4) is 5.00 Å². The highest BCUT2D eigenvalue weighted by atomic mass is 32.1. The Kier molecular flexibility index (Phi) is 4.79. The zero-order valence-corrected chi connectivity index (χ0v) is 15.5. The van der Waals surface area contributed by atoms with Crippen molar-refractivity contribution in [1.82, 2.24) is 25.5 Å². The molecule has 3 aromatic rings. The second-order valence-electron chi connectivity index (χ2n) is 6.69. The van der Waals surface area contributed by atoms with Gasteiger partial charge in [0.25, 0.3) is 5.91 Å². The first-order valence-corrected chi connectivity index (χ1v) is 9.76. The van der Waals surface area contributed by atoms with Crippen molar-refractivity contribution < 1.29 is 4.79 Å². The standard InChI is InChI=1S/C19H21N5OS/c1-13(10-11-14-6-3-2-4-7-14)21-18(25)17-15-8-5-9-16(15)26-19(17)24-12-20-22-23-24/h2-4,6-7,12-13H,5,8-11H2,1H3,(H,21,25)/t13-/m1/s1. The Bertz CT molecular complexity index is 888. The number of aromatic nitrogens is 4. The molecule has 1 amide bonds. The van der Waals surface area contributed by atoms with Gasteiger partial charge < -0.3 is 5.32 Å². The predicted octanol–water partition coefficient (Wildman–Crippen LogP) is 2.96. The first-order chi connectivity index (χ1) is 12.7. The number of nitrogens with zero attached hydrogens (tertiary/aromatic N) is 4. The fraction of sp³-hybridized carbons (Fsp3) is 0.368. The maximum Gasteiger partial charge on any atom is 0.254 e. The van der Waals surface area contributed by atoms with Crippen LogP contribution in [0.4, 0.5) is 0 Å². The summed E-state index contributed by atoms with van der Waals surface area (Å²) >= 11 is 1.63. The molecule has 2 aromatic heterocycles. The lowest BCUT2D eigenvalue weighted by molar-refractivity contribution is 0.0938. The molecule has 0 aliphatic heterocycles. The number of aryl methyl sites for hydroxylation is 2. The number of tetrazole rings is 1. The van der Waals surface area contributed by atoms with Gasteiger partial charge in [-0.05, 0) is 60.6 Å². The molecule has 0 fully saturated rings. The molecule has 0 radical (unpaired) electrons. The van der Waals surface area contributed by atoms with Crippen LogP contribution in [0.1, 0.15) is 46.1 Å². The van der Waals surface area contributed by atoms with Gasteiger partial charge in [0.2, 0.25) is 0 Å². The van der Waals surface area contributed by atoms with Gasteiger partial charge in [-0.3, -0.25) is 4.79 Å². The van der Waals surface area contributed by atoms with Crippen molar-refractivity contribution in [1.29, 1.82) is 0 Å². The summed E-state index contributed by atoms with van der Waals surface area (Å²) in [6.07, 6.45) is 6.50. The minimum absolute atomic E-state index is 0.0181. The van der Waals surface area contributed by atoms with Gasteiger partial charge in [0.05, 0.1) is 5.56 Å². The van der Waals surface area contributed by atoms with Gasteiger partial charge in [-0.1, -0.05) is 30.3 Å². The Labute approximate surface area is 156 Å². The van der Waals surface area contributed by atoms with E-state index in [0.29, 0.717) is 0 Å². The van der Waals surface area contributed by atoms with Gasteiger partial charge in [0, 0.05) is 10.9 Å². The Morgan fingerprint density at radius 2 is 2.15 bits per heavy atom. The molecule has 0 spiro atoms. The monoisotopic (exact) mass is 367 g/mol. The molecule has 1 aromatic carbocycles. The number of rotatable bonds is 6. The third-order valence-corrected chi connectivity index (χ3v) is 6.05. The molecule has 1 aliphatic rings. The largest absolute Gasteiger partial charge is 0.349 e. The number of hydrogen-bond donors (Lipinski definition) is 1. The van der Waals surface area contributed by atoms with E-state index in [4.69, 9.17) is 0 Å². The highest BCUT2D eigenvalue weighted by molar-refractivity contribution is 7.15. The molecule has 0 saturated heterocycles. The van der Waals surface area contributed by atoms with Crippen molar-refractivity contribution in [3.63, 3.8) is 0 Å². The molecule has 134 valence electrons. The van der Waals surface area contributed by atoms with E-state index in [-0.39, 0.29) is 11.9 Å². The molecule has 4 rings (SSSR count). The van der Waals surface area contributed by atoms with Gasteiger partial charge >= 0.3 is 0 Å². The molecule has 0 bridgehead atoms. The lowest BCUT2D eigenvalue weighted by Gasteiger charge is -2.15. The fourth-order valence-electron chi connectivity index (χ4n) is 3.44. The molecule has 1 aliphatic carbocycles. The highest BCUT2D eigenvalue weighted by Crippen LogP contribution is 2.37. The Morgan fingerprint density at radius 3 is 2.92 bits per heavy atom. The smallest absolute Gasteiger partial charge is 0.254 e. The summed E-state index contributed by atoms with van der Waals surface area (Å²) in [6.45, 7) is 2.06. The van der Waals surface area contributed by atoms with Gasteiger partial charge in [0.1, 0.15) is 11.3 Å². The van der Waals surface area contributed by atoms with Crippen molar-refractivity contribution in [3.05, 3.63) is 58.2 Å². The number of hydrogen-bond acceptors (Lipinski definition) is 5. The van der Waals surface area contributed by atoms with E-state index in [9.17, 15) is 4.79 Å². The van der Waals surface area contributed by atoms with Crippen molar-refractivity contribution in [2.45, 2.75) is 45.1 Å². The molecular formula is C19H21N5OS. The van der Waals surface area contributed by atoms with E-state index < -0.39 is 0 Å². The van der Waals surface area contributed by atoms with E-state index in [1.165, 1.54) is 16.0 Å². The van der Waals surface area contributed by atoms with Gasteiger partial charge in [0.15, 0.2) is 0 Å². The number of thiophene rings is 1. The molecule has 7 heteroatoms. The Morgan fingerprint density at radius 1 is 1.31 bits per heavy atom. The summed E-state index contributed by atoms with van der Waals surface area (Å²) in [7, 11) is 0. The zero-order valence-electron chi connectivity index (χ0n) is 14.7. The molecule has 1 atom stereocenters. The summed E-state index contributed by atoms with van der Waals surface area (Å²) in [5.41, 5.74) is 3.22. The predicted molar refractivity (Wildman–Crippen MR) is 101 cm³/mol. The van der Waals surface area contributed by atoms with Crippen LogP contribution >= 0.6 is 11.3 Å². The zero-order chi connectivity index (χ0) is 17.9. The van der Waals surface area contributed by atoms with Crippen LogP contribution in [0.2, 0.25) is 0 Å². The normalized spacial score (nSPS) is 14.2.